The van der Waals surface area contributed by atoms with Gasteiger partial charge < -0.3 is 5.32 Å². The first kappa shape index (κ1) is 13.3. The third kappa shape index (κ3) is 3.95. The zero-order chi connectivity index (χ0) is 11.4. The lowest BCUT2D eigenvalue weighted by molar-refractivity contribution is 0.585. The fourth-order valence-electron chi connectivity index (χ4n) is 1.62. The van der Waals surface area contributed by atoms with Crippen LogP contribution >= 0.6 is 50.8 Å². The first-order chi connectivity index (χ1) is 7.75. The van der Waals surface area contributed by atoms with E-state index in [1.165, 1.54) is 25.9 Å². The van der Waals surface area contributed by atoms with Crippen molar-refractivity contribution in [2.45, 2.75) is 18.2 Å². The Labute approximate surface area is 118 Å². The van der Waals surface area contributed by atoms with Crippen LogP contribution in [0.1, 0.15) is 17.8 Å². The quantitative estimate of drug-likeness (QED) is 0.891. The van der Waals surface area contributed by atoms with Gasteiger partial charge in [-0.2, -0.15) is 23.5 Å². The van der Waals surface area contributed by atoms with Crippen LogP contribution in [0.5, 0.6) is 0 Å². The van der Waals surface area contributed by atoms with Gasteiger partial charge in [0.2, 0.25) is 0 Å². The van der Waals surface area contributed by atoms with E-state index >= 15 is 0 Å². The number of thioether (sulfide) groups is 2. The molecular weight excluding hydrogens is 322 g/mol. The van der Waals surface area contributed by atoms with Crippen LogP contribution in [-0.2, 0) is 0 Å². The first-order valence-electron chi connectivity index (χ1n) is 5.43. The molecule has 1 N–H and O–H groups in total. The van der Waals surface area contributed by atoms with Crippen LogP contribution in [0.15, 0.2) is 15.9 Å². The summed E-state index contributed by atoms with van der Waals surface area (Å²) in [7, 11) is 0. The molecule has 2 unspecified atom stereocenters. The van der Waals surface area contributed by atoms with Crippen molar-refractivity contribution >= 4 is 50.8 Å². The average Bonchev–Trinajstić information content (AvgIpc) is 2.74. The Bertz CT molecular complexity index is 323. The van der Waals surface area contributed by atoms with Crippen molar-refractivity contribution in [3.05, 3.63) is 20.8 Å². The highest BCUT2D eigenvalue weighted by molar-refractivity contribution is 9.11. The predicted molar refractivity (Wildman–Crippen MR) is 82.0 cm³/mol. The highest BCUT2D eigenvalue weighted by Gasteiger charge is 2.15. The molecule has 0 aromatic carbocycles. The van der Waals surface area contributed by atoms with Gasteiger partial charge in [-0.15, -0.1) is 11.3 Å². The van der Waals surface area contributed by atoms with Crippen molar-refractivity contribution < 1.29 is 0 Å². The third-order valence-corrected chi connectivity index (χ3v) is 7.21. The van der Waals surface area contributed by atoms with Gasteiger partial charge in [0.1, 0.15) is 0 Å². The van der Waals surface area contributed by atoms with Crippen LogP contribution in [-0.4, -0.2) is 29.1 Å². The Morgan fingerprint density at radius 1 is 1.50 bits per heavy atom. The minimum absolute atomic E-state index is 0.476. The van der Waals surface area contributed by atoms with Crippen LogP contribution in [0, 0.1) is 0 Å². The van der Waals surface area contributed by atoms with Crippen molar-refractivity contribution in [2.24, 2.45) is 0 Å². The van der Waals surface area contributed by atoms with Crippen LogP contribution in [0.4, 0.5) is 0 Å². The molecule has 0 radical (unpaired) electrons. The van der Waals surface area contributed by atoms with Gasteiger partial charge in [0, 0.05) is 40.0 Å². The Balaban J connectivity index is 1.76. The monoisotopic (exact) mass is 337 g/mol. The summed E-state index contributed by atoms with van der Waals surface area (Å²) < 4.78 is 1.22. The van der Waals surface area contributed by atoms with E-state index in [0.717, 1.165) is 11.8 Å². The fourth-order valence-corrected chi connectivity index (χ4v) is 5.70. The molecule has 1 fully saturated rings. The maximum atomic E-state index is 3.64. The summed E-state index contributed by atoms with van der Waals surface area (Å²) in [6.45, 7) is 3.38. The number of halogens is 1. The molecule has 90 valence electrons. The Hall–Kier alpha value is 0.840. The Kier molecular flexibility index (Phi) is 5.55. The van der Waals surface area contributed by atoms with Crippen molar-refractivity contribution in [2.75, 3.05) is 23.8 Å². The van der Waals surface area contributed by atoms with Gasteiger partial charge in [0.05, 0.1) is 3.79 Å². The lowest BCUT2D eigenvalue weighted by atomic mass is 10.2. The molecule has 1 saturated heterocycles. The second-order valence-electron chi connectivity index (χ2n) is 3.84. The van der Waals surface area contributed by atoms with Gasteiger partial charge in [-0.25, -0.2) is 0 Å². The molecule has 1 nitrogen and oxygen atoms in total. The molecule has 0 bridgehead atoms. The molecule has 2 atom stereocenters. The number of rotatable bonds is 4. The zero-order valence-corrected chi connectivity index (χ0v) is 13.3. The van der Waals surface area contributed by atoms with Crippen LogP contribution < -0.4 is 5.32 Å². The summed E-state index contributed by atoms with van der Waals surface area (Å²) in [5.74, 6) is 3.95. The average molecular weight is 338 g/mol. The summed E-state index contributed by atoms with van der Waals surface area (Å²) >= 11 is 9.54. The molecule has 1 aromatic rings. The van der Waals surface area contributed by atoms with Crippen LogP contribution in [0.2, 0.25) is 0 Å². The van der Waals surface area contributed by atoms with Gasteiger partial charge in [0.25, 0.3) is 0 Å². The number of thiophene rings is 1. The summed E-state index contributed by atoms with van der Waals surface area (Å²) in [5, 5.41) is 4.43. The Morgan fingerprint density at radius 3 is 3.00 bits per heavy atom. The van der Waals surface area contributed by atoms with E-state index < -0.39 is 0 Å². The topological polar surface area (TPSA) is 12.0 Å². The molecule has 2 heterocycles. The van der Waals surface area contributed by atoms with Crippen molar-refractivity contribution in [1.29, 1.82) is 0 Å². The van der Waals surface area contributed by atoms with Crippen molar-refractivity contribution in [3.63, 3.8) is 0 Å². The summed E-state index contributed by atoms with van der Waals surface area (Å²) in [4.78, 5) is 1.42. The first-order valence-corrected chi connectivity index (χ1v) is 9.25. The maximum Gasteiger partial charge on any atom is 0.0701 e. The maximum absolute atomic E-state index is 3.64. The smallest absolute Gasteiger partial charge is 0.0701 e. The standard InChI is InChI=1S/C11H16BrNS3/c1-8(10-2-3-11(12)16-10)13-6-9-7-14-4-5-15-9/h2-3,8-9,13H,4-7H2,1H3. The number of nitrogens with one attached hydrogen (secondary N) is 1. The molecule has 1 aliphatic rings. The molecule has 0 amide bonds. The van der Waals surface area contributed by atoms with E-state index in [2.05, 4.69) is 63.8 Å². The molecule has 0 saturated carbocycles. The van der Waals surface area contributed by atoms with Crippen molar-refractivity contribution in [3.8, 4) is 0 Å². The van der Waals surface area contributed by atoms with Gasteiger partial charge in [-0.05, 0) is 35.0 Å². The highest BCUT2D eigenvalue weighted by Crippen LogP contribution is 2.28. The van der Waals surface area contributed by atoms with Crippen molar-refractivity contribution in [1.82, 2.24) is 5.32 Å². The molecule has 1 aliphatic heterocycles. The summed E-state index contributed by atoms with van der Waals surface area (Å²) in [5.41, 5.74) is 0. The van der Waals surface area contributed by atoms with Gasteiger partial charge in [-0.3, -0.25) is 0 Å². The fraction of sp³-hybridized carbons (Fsp3) is 0.636. The highest BCUT2D eigenvalue weighted by atomic mass is 79.9. The lowest BCUT2D eigenvalue weighted by Gasteiger charge is -2.23. The molecule has 0 aliphatic carbocycles. The zero-order valence-electron chi connectivity index (χ0n) is 9.24. The van der Waals surface area contributed by atoms with E-state index in [-0.39, 0.29) is 0 Å². The molecular formula is C11H16BrNS3. The molecule has 1 aromatic heterocycles. The van der Waals surface area contributed by atoms with E-state index in [1.807, 2.05) is 11.3 Å². The predicted octanol–water partition coefficient (Wildman–Crippen LogP) is 4.01. The molecule has 2 rings (SSSR count). The number of hydrogen-bond acceptors (Lipinski definition) is 4. The van der Waals surface area contributed by atoms with Gasteiger partial charge in [-0.1, -0.05) is 0 Å². The Morgan fingerprint density at radius 2 is 2.38 bits per heavy atom. The van der Waals surface area contributed by atoms with E-state index in [1.54, 1.807) is 0 Å². The summed E-state index contributed by atoms with van der Waals surface area (Å²) in [6, 6.07) is 4.81. The molecule has 5 heteroatoms. The van der Waals surface area contributed by atoms with Gasteiger partial charge >= 0.3 is 0 Å². The van der Waals surface area contributed by atoms with E-state index in [9.17, 15) is 0 Å². The number of hydrogen-bond donors (Lipinski definition) is 1. The van der Waals surface area contributed by atoms with Crippen LogP contribution in [0.3, 0.4) is 0 Å². The lowest BCUT2D eigenvalue weighted by Crippen LogP contribution is -2.30. The minimum Gasteiger partial charge on any atom is -0.308 e. The van der Waals surface area contributed by atoms with E-state index in [0.29, 0.717) is 6.04 Å². The second-order valence-corrected chi connectivity index (χ2v) is 8.89. The normalized spacial score (nSPS) is 23.2. The molecule has 16 heavy (non-hydrogen) atoms. The molecule has 0 spiro atoms. The van der Waals surface area contributed by atoms with Gasteiger partial charge in [0.15, 0.2) is 0 Å². The second kappa shape index (κ2) is 6.69. The largest absolute Gasteiger partial charge is 0.308 e. The summed E-state index contributed by atoms with van der Waals surface area (Å²) in [6.07, 6.45) is 0. The van der Waals surface area contributed by atoms with E-state index in [4.69, 9.17) is 0 Å². The third-order valence-electron chi connectivity index (χ3n) is 2.56. The van der Waals surface area contributed by atoms with Crippen LogP contribution in [0.25, 0.3) is 0 Å². The minimum atomic E-state index is 0.476. The SMILES string of the molecule is CC(NCC1CSCCS1)c1ccc(Br)s1.